The van der Waals surface area contributed by atoms with Gasteiger partial charge in [0, 0.05) is 31.8 Å². The highest BCUT2D eigenvalue weighted by Crippen LogP contribution is 2.40. The van der Waals surface area contributed by atoms with Crippen LogP contribution >= 0.6 is 0 Å². The summed E-state index contributed by atoms with van der Waals surface area (Å²) in [5.74, 6) is 1.20. The number of hydrogen-bond acceptors (Lipinski definition) is 5. The molecule has 116 valence electrons. The minimum absolute atomic E-state index is 0.0787. The second-order valence-electron chi connectivity index (χ2n) is 5.98. The number of carbonyl (C=O) groups is 1. The first kappa shape index (κ1) is 13.5. The lowest BCUT2D eigenvalue weighted by atomic mass is 10.1. The predicted molar refractivity (Wildman–Crippen MR) is 76.4 cm³/mol. The summed E-state index contributed by atoms with van der Waals surface area (Å²) in [7, 11) is 1.66. The maximum absolute atomic E-state index is 12.7. The third kappa shape index (κ3) is 2.31. The highest BCUT2D eigenvalue weighted by Gasteiger charge is 2.32. The van der Waals surface area contributed by atoms with Gasteiger partial charge < -0.3 is 18.7 Å². The third-order valence-corrected chi connectivity index (χ3v) is 4.30. The van der Waals surface area contributed by atoms with Crippen LogP contribution in [0.2, 0.25) is 0 Å². The monoisotopic (exact) mass is 302 g/mol. The van der Waals surface area contributed by atoms with Gasteiger partial charge in [0.25, 0.3) is 5.91 Å². The summed E-state index contributed by atoms with van der Waals surface area (Å²) in [4.78, 5) is 18.6. The van der Waals surface area contributed by atoms with Crippen LogP contribution in [0.15, 0.2) is 23.1 Å². The second kappa shape index (κ2) is 5.24. The van der Waals surface area contributed by atoms with Crippen molar-refractivity contribution in [1.29, 1.82) is 0 Å². The van der Waals surface area contributed by atoms with Crippen LogP contribution in [-0.4, -0.2) is 45.8 Å². The number of methoxy groups -OCH3 is 1. The Hall–Kier alpha value is -2.15. The zero-order chi connectivity index (χ0) is 15.1. The van der Waals surface area contributed by atoms with Crippen molar-refractivity contribution in [1.82, 2.24) is 19.6 Å². The first-order chi connectivity index (χ1) is 10.8. The molecule has 1 saturated carbocycles. The largest absolute Gasteiger partial charge is 0.382 e. The van der Waals surface area contributed by atoms with Gasteiger partial charge in [0.15, 0.2) is 5.69 Å². The van der Waals surface area contributed by atoms with E-state index >= 15 is 0 Å². The lowest BCUT2D eigenvalue weighted by molar-refractivity contribution is 0.0590. The molecule has 1 amide bonds. The molecule has 2 aromatic heterocycles. The average molecular weight is 302 g/mol. The van der Waals surface area contributed by atoms with E-state index in [1.807, 2.05) is 0 Å². The molecule has 0 aromatic carbocycles. The number of fused-ring (bicyclic) bond motifs is 1. The van der Waals surface area contributed by atoms with Gasteiger partial charge in [-0.2, -0.15) is 0 Å². The van der Waals surface area contributed by atoms with E-state index in [2.05, 4.69) is 14.7 Å². The zero-order valence-corrected chi connectivity index (χ0v) is 12.4. The van der Waals surface area contributed by atoms with Gasteiger partial charge in [-0.1, -0.05) is 5.16 Å². The van der Waals surface area contributed by atoms with Gasteiger partial charge in [-0.15, -0.1) is 0 Å². The number of ether oxygens (including phenoxy) is 1. The van der Waals surface area contributed by atoms with Crippen molar-refractivity contribution < 1.29 is 14.1 Å². The van der Waals surface area contributed by atoms with Crippen molar-refractivity contribution in [3.8, 4) is 0 Å². The molecular weight excluding hydrogens is 284 g/mol. The fourth-order valence-corrected chi connectivity index (χ4v) is 2.98. The van der Waals surface area contributed by atoms with E-state index in [1.54, 1.807) is 30.6 Å². The molecule has 2 aromatic rings. The molecule has 0 N–H and O–H groups in total. The molecule has 0 spiro atoms. The van der Waals surface area contributed by atoms with Gasteiger partial charge >= 0.3 is 0 Å². The Bertz CT molecular complexity index is 689. The van der Waals surface area contributed by atoms with Crippen LogP contribution < -0.4 is 0 Å². The van der Waals surface area contributed by atoms with Crippen molar-refractivity contribution in [2.45, 2.75) is 31.3 Å². The third-order valence-electron chi connectivity index (χ3n) is 4.30. The summed E-state index contributed by atoms with van der Waals surface area (Å²) in [6.45, 7) is 1.66. The highest BCUT2D eigenvalue weighted by atomic mass is 16.5. The van der Waals surface area contributed by atoms with Crippen LogP contribution in [0.25, 0.3) is 0 Å². The Kier molecular flexibility index (Phi) is 3.22. The normalized spacial score (nSPS) is 21.0. The van der Waals surface area contributed by atoms with Crippen molar-refractivity contribution >= 4 is 5.91 Å². The summed E-state index contributed by atoms with van der Waals surface area (Å²) in [6.07, 6.45) is 5.84. The van der Waals surface area contributed by atoms with Gasteiger partial charge in [0.05, 0.1) is 31.2 Å². The van der Waals surface area contributed by atoms with Crippen molar-refractivity contribution in [3.05, 3.63) is 35.7 Å². The van der Waals surface area contributed by atoms with E-state index in [0.29, 0.717) is 31.3 Å². The number of rotatable bonds is 4. The number of hydrogen-bond donors (Lipinski definition) is 0. The van der Waals surface area contributed by atoms with Crippen LogP contribution in [-0.2, 0) is 11.3 Å². The molecule has 0 unspecified atom stereocenters. The Morgan fingerprint density at radius 3 is 3.14 bits per heavy atom. The molecule has 7 heteroatoms. The molecule has 0 saturated heterocycles. The minimum Gasteiger partial charge on any atom is -0.382 e. The van der Waals surface area contributed by atoms with Crippen LogP contribution in [0.3, 0.4) is 0 Å². The highest BCUT2D eigenvalue weighted by molar-refractivity contribution is 5.92. The van der Waals surface area contributed by atoms with E-state index in [1.165, 1.54) is 0 Å². The summed E-state index contributed by atoms with van der Waals surface area (Å²) < 4.78 is 12.6. The van der Waals surface area contributed by atoms with E-state index in [0.717, 1.165) is 24.3 Å². The Labute approximate surface area is 127 Å². The molecule has 0 bridgehead atoms. The van der Waals surface area contributed by atoms with Gasteiger partial charge in [-0.05, 0) is 12.8 Å². The molecule has 1 aliphatic carbocycles. The summed E-state index contributed by atoms with van der Waals surface area (Å²) in [6, 6.07) is 1.87. The molecule has 4 rings (SSSR count). The molecular formula is C15H18N4O3. The molecule has 22 heavy (non-hydrogen) atoms. The SMILES string of the molecule is COC[C@@H]1CN(C(=O)c2cc(C3CC3)on2)Cc2cncn21. The maximum atomic E-state index is 12.7. The predicted octanol–water partition coefficient (Wildman–Crippen LogP) is 1.59. The second-order valence-corrected chi connectivity index (χ2v) is 5.98. The van der Waals surface area contributed by atoms with Crippen LogP contribution in [0, 0.1) is 0 Å². The quantitative estimate of drug-likeness (QED) is 0.857. The molecule has 2 aliphatic rings. The summed E-state index contributed by atoms with van der Waals surface area (Å²) in [5, 5.41) is 3.95. The number of imidazole rings is 1. The molecule has 3 heterocycles. The lowest BCUT2D eigenvalue weighted by Gasteiger charge is -2.33. The van der Waals surface area contributed by atoms with Gasteiger partial charge in [-0.25, -0.2) is 4.98 Å². The van der Waals surface area contributed by atoms with Gasteiger partial charge in [0.2, 0.25) is 0 Å². The Balaban J connectivity index is 1.55. The van der Waals surface area contributed by atoms with Crippen molar-refractivity contribution in [3.63, 3.8) is 0 Å². The summed E-state index contributed by atoms with van der Waals surface area (Å²) >= 11 is 0. The first-order valence-corrected chi connectivity index (χ1v) is 7.52. The van der Waals surface area contributed by atoms with E-state index in [9.17, 15) is 4.79 Å². The fraction of sp³-hybridized carbons (Fsp3) is 0.533. The molecule has 7 nitrogen and oxygen atoms in total. The minimum atomic E-state index is -0.0933. The smallest absolute Gasteiger partial charge is 0.276 e. The van der Waals surface area contributed by atoms with Gasteiger partial charge in [-0.3, -0.25) is 4.79 Å². The average Bonchev–Trinajstić information content (AvgIpc) is 3.07. The fourth-order valence-electron chi connectivity index (χ4n) is 2.98. The maximum Gasteiger partial charge on any atom is 0.276 e. The van der Waals surface area contributed by atoms with Crippen molar-refractivity contribution in [2.75, 3.05) is 20.3 Å². The Morgan fingerprint density at radius 1 is 1.50 bits per heavy atom. The first-order valence-electron chi connectivity index (χ1n) is 7.52. The standard InChI is InChI=1S/C15H18N4O3/c1-21-8-12-7-18(6-11-5-16-9-19(11)12)15(20)13-4-14(22-17-13)10-2-3-10/h4-5,9-10,12H,2-3,6-8H2,1H3/t12-/m0/s1. The van der Waals surface area contributed by atoms with E-state index < -0.39 is 0 Å². The topological polar surface area (TPSA) is 73.4 Å². The number of amides is 1. The molecule has 0 radical (unpaired) electrons. The van der Waals surface area contributed by atoms with Crippen LogP contribution in [0.4, 0.5) is 0 Å². The lowest BCUT2D eigenvalue weighted by Crippen LogP contribution is -2.42. The molecule has 1 fully saturated rings. The van der Waals surface area contributed by atoms with Crippen LogP contribution in [0.5, 0.6) is 0 Å². The Morgan fingerprint density at radius 2 is 2.36 bits per heavy atom. The van der Waals surface area contributed by atoms with E-state index in [4.69, 9.17) is 9.26 Å². The number of carbonyl (C=O) groups excluding carboxylic acids is 1. The van der Waals surface area contributed by atoms with Crippen molar-refractivity contribution in [2.24, 2.45) is 0 Å². The molecule has 1 atom stereocenters. The summed E-state index contributed by atoms with van der Waals surface area (Å²) in [5.41, 5.74) is 1.40. The van der Waals surface area contributed by atoms with E-state index in [-0.39, 0.29) is 11.9 Å². The number of aromatic nitrogens is 3. The molecule has 1 aliphatic heterocycles. The zero-order valence-electron chi connectivity index (χ0n) is 12.4. The van der Waals surface area contributed by atoms with Crippen LogP contribution in [0.1, 0.15) is 46.7 Å². The number of nitrogens with zero attached hydrogens (tertiary/aromatic N) is 4. The van der Waals surface area contributed by atoms with Gasteiger partial charge in [0.1, 0.15) is 5.76 Å².